The van der Waals surface area contributed by atoms with Gasteiger partial charge in [0.2, 0.25) is 0 Å². The Morgan fingerprint density at radius 1 is 0.957 bits per heavy atom. The highest BCUT2D eigenvalue weighted by atomic mass is 15.3. The Kier molecular flexibility index (Phi) is 3.95. The van der Waals surface area contributed by atoms with Crippen molar-refractivity contribution in [3.63, 3.8) is 0 Å². The molecule has 1 N–H and O–H groups in total. The number of benzene rings is 2. The molecule has 0 aliphatic carbocycles. The van der Waals surface area contributed by atoms with Crippen LogP contribution in [-0.2, 0) is 0 Å². The van der Waals surface area contributed by atoms with E-state index in [0.717, 1.165) is 18.8 Å². The summed E-state index contributed by atoms with van der Waals surface area (Å²) in [5.41, 5.74) is 4.96. The molecule has 1 aromatic heterocycles. The van der Waals surface area contributed by atoms with E-state index in [2.05, 4.69) is 64.6 Å². The second-order valence-corrected chi connectivity index (χ2v) is 6.10. The molecule has 2 heterocycles. The summed E-state index contributed by atoms with van der Waals surface area (Å²) in [6.45, 7) is 2.15. The van der Waals surface area contributed by atoms with Gasteiger partial charge in [-0.3, -0.25) is 0 Å². The zero-order valence-electron chi connectivity index (χ0n) is 13.2. The predicted molar refractivity (Wildman–Crippen MR) is 93.8 cm³/mol. The Bertz CT molecular complexity index is 699. The predicted octanol–water partition coefficient (Wildman–Crippen LogP) is 4.01. The summed E-state index contributed by atoms with van der Waals surface area (Å²) in [7, 11) is 0. The van der Waals surface area contributed by atoms with E-state index in [9.17, 15) is 0 Å². The maximum Gasteiger partial charge on any atom is 0.0649 e. The normalized spacial score (nSPS) is 18.0. The number of nitrogens with zero attached hydrogens (tertiary/aromatic N) is 2. The smallest absolute Gasteiger partial charge is 0.0649 e. The molecule has 0 bridgehead atoms. The molecule has 3 aromatic rings. The monoisotopic (exact) mass is 303 g/mol. The van der Waals surface area contributed by atoms with Gasteiger partial charge in [0.1, 0.15) is 0 Å². The number of piperidine rings is 1. The average Bonchev–Trinajstić information content (AvgIpc) is 3.09. The molecule has 1 fully saturated rings. The standard InChI is InChI=1S/C20H21N3/c1-3-8-16(9-4-1)19-15-22-23(18-11-5-2-6-12-18)20(19)17-10-7-13-21-14-17/h1-6,8-9,11-12,15,17,21H,7,10,13-14H2. The van der Waals surface area contributed by atoms with E-state index >= 15 is 0 Å². The summed E-state index contributed by atoms with van der Waals surface area (Å²) in [6.07, 6.45) is 4.45. The van der Waals surface area contributed by atoms with Gasteiger partial charge in [-0.2, -0.15) is 5.10 Å². The van der Waals surface area contributed by atoms with Crippen LogP contribution in [-0.4, -0.2) is 22.9 Å². The van der Waals surface area contributed by atoms with E-state index in [0.29, 0.717) is 5.92 Å². The molecule has 3 heteroatoms. The van der Waals surface area contributed by atoms with E-state index < -0.39 is 0 Å². The van der Waals surface area contributed by atoms with Crippen LogP contribution in [0.4, 0.5) is 0 Å². The van der Waals surface area contributed by atoms with Gasteiger partial charge in [-0.25, -0.2) is 4.68 Å². The van der Waals surface area contributed by atoms with E-state index in [4.69, 9.17) is 5.10 Å². The molecule has 0 spiro atoms. The van der Waals surface area contributed by atoms with Crippen LogP contribution in [0.25, 0.3) is 16.8 Å². The molecule has 0 saturated carbocycles. The summed E-state index contributed by atoms with van der Waals surface area (Å²) in [5.74, 6) is 0.502. The lowest BCUT2D eigenvalue weighted by molar-refractivity contribution is 0.448. The Morgan fingerprint density at radius 2 is 1.70 bits per heavy atom. The van der Waals surface area contributed by atoms with Gasteiger partial charge >= 0.3 is 0 Å². The molecule has 23 heavy (non-hydrogen) atoms. The van der Waals surface area contributed by atoms with E-state index in [-0.39, 0.29) is 0 Å². The van der Waals surface area contributed by atoms with Gasteiger partial charge in [-0.1, -0.05) is 48.5 Å². The highest BCUT2D eigenvalue weighted by Gasteiger charge is 2.24. The number of para-hydroxylation sites is 1. The number of rotatable bonds is 3. The van der Waals surface area contributed by atoms with Crippen molar-refractivity contribution < 1.29 is 0 Å². The second-order valence-electron chi connectivity index (χ2n) is 6.10. The van der Waals surface area contributed by atoms with Crippen LogP contribution in [0.1, 0.15) is 24.5 Å². The highest BCUT2D eigenvalue weighted by Crippen LogP contribution is 2.34. The first kappa shape index (κ1) is 14.2. The molecular weight excluding hydrogens is 282 g/mol. The number of aromatic nitrogens is 2. The van der Waals surface area contributed by atoms with Crippen molar-refractivity contribution in [2.24, 2.45) is 0 Å². The van der Waals surface area contributed by atoms with Crippen LogP contribution in [0.5, 0.6) is 0 Å². The van der Waals surface area contributed by atoms with Crippen molar-refractivity contribution >= 4 is 0 Å². The summed E-state index contributed by atoms with van der Waals surface area (Å²) in [5, 5.41) is 8.27. The average molecular weight is 303 g/mol. The van der Waals surface area contributed by atoms with Crippen LogP contribution in [0.15, 0.2) is 66.9 Å². The van der Waals surface area contributed by atoms with Crippen LogP contribution in [0.2, 0.25) is 0 Å². The molecule has 2 aromatic carbocycles. The molecule has 0 radical (unpaired) electrons. The van der Waals surface area contributed by atoms with Crippen LogP contribution in [0.3, 0.4) is 0 Å². The largest absolute Gasteiger partial charge is 0.316 e. The first-order valence-corrected chi connectivity index (χ1v) is 8.33. The minimum Gasteiger partial charge on any atom is -0.316 e. The maximum absolute atomic E-state index is 4.73. The van der Waals surface area contributed by atoms with Crippen molar-refractivity contribution in [3.05, 3.63) is 72.6 Å². The molecule has 1 atom stereocenters. The molecule has 0 amide bonds. The van der Waals surface area contributed by atoms with E-state index in [1.807, 2.05) is 12.3 Å². The lowest BCUT2D eigenvalue weighted by atomic mass is 9.91. The lowest BCUT2D eigenvalue weighted by Gasteiger charge is -2.25. The molecule has 3 nitrogen and oxygen atoms in total. The van der Waals surface area contributed by atoms with Crippen LogP contribution >= 0.6 is 0 Å². The SMILES string of the molecule is c1ccc(-c2cnn(-c3ccccc3)c2C2CCCNC2)cc1. The van der Waals surface area contributed by atoms with Gasteiger partial charge in [-0.15, -0.1) is 0 Å². The fraction of sp³-hybridized carbons (Fsp3) is 0.250. The second kappa shape index (κ2) is 6.39. The number of nitrogens with one attached hydrogen (secondary N) is 1. The summed E-state index contributed by atoms with van der Waals surface area (Å²) < 4.78 is 2.12. The minimum atomic E-state index is 0.502. The molecule has 1 unspecified atom stereocenters. The van der Waals surface area contributed by atoms with Crippen molar-refractivity contribution in [2.75, 3.05) is 13.1 Å². The Balaban J connectivity index is 1.85. The molecule has 1 aliphatic heterocycles. The van der Waals surface area contributed by atoms with Gasteiger partial charge in [0.15, 0.2) is 0 Å². The van der Waals surface area contributed by atoms with Crippen LogP contribution in [0, 0.1) is 0 Å². The van der Waals surface area contributed by atoms with Crippen molar-refractivity contribution in [1.82, 2.24) is 15.1 Å². The van der Waals surface area contributed by atoms with Gasteiger partial charge in [0, 0.05) is 18.0 Å². The zero-order chi connectivity index (χ0) is 15.5. The quantitative estimate of drug-likeness (QED) is 0.792. The van der Waals surface area contributed by atoms with E-state index in [1.54, 1.807) is 0 Å². The maximum atomic E-state index is 4.73. The Hall–Kier alpha value is -2.39. The fourth-order valence-corrected chi connectivity index (χ4v) is 3.45. The summed E-state index contributed by atoms with van der Waals surface area (Å²) in [6, 6.07) is 21.0. The highest BCUT2D eigenvalue weighted by molar-refractivity contribution is 5.67. The summed E-state index contributed by atoms with van der Waals surface area (Å²) in [4.78, 5) is 0. The topological polar surface area (TPSA) is 29.9 Å². The van der Waals surface area contributed by atoms with E-state index in [1.165, 1.54) is 29.7 Å². The molecule has 1 aliphatic rings. The first-order valence-electron chi connectivity index (χ1n) is 8.33. The third-order valence-electron chi connectivity index (χ3n) is 4.58. The Morgan fingerprint density at radius 3 is 2.39 bits per heavy atom. The van der Waals surface area contributed by atoms with Gasteiger partial charge < -0.3 is 5.32 Å². The van der Waals surface area contributed by atoms with Crippen molar-refractivity contribution in [1.29, 1.82) is 0 Å². The van der Waals surface area contributed by atoms with Crippen molar-refractivity contribution in [3.8, 4) is 16.8 Å². The molecular formula is C20H21N3. The number of hydrogen-bond donors (Lipinski definition) is 1. The zero-order valence-corrected chi connectivity index (χ0v) is 13.2. The van der Waals surface area contributed by atoms with Crippen LogP contribution < -0.4 is 5.32 Å². The molecule has 1 saturated heterocycles. The molecule has 116 valence electrons. The lowest BCUT2D eigenvalue weighted by Crippen LogP contribution is -2.29. The minimum absolute atomic E-state index is 0.502. The first-order chi connectivity index (χ1) is 11.4. The fourth-order valence-electron chi connectivity index (χ4n) is 3.45. The van der Waals surface area contributed by atoms with Gasteiger partial charge in [-0.05, 0) is 37.1 Å². The van der Waals surface area contributed by atoms with Gasteiger partial charge in [0.25, 0.3) is 0 Å². The summed E-state index contributed by atoms with van der Waals surface area (Å²) >= 11 is 0. The van der Waals surface area contributed by atoms with Crippen molar-refractivity contribution in [2.45, 2.75) is 18.8 Å². The number of hydrogen-bond acceptors (Lipinski definition) is 2. The van der Waals surface area contributed by atoms with Gasteiger partial charge in [0.05, 0.1) is 17.6 Å². The molecule has 4 rings (SSSR count). The Labute approximate surface area is 137 Å². The third-order valence-corrected chi connectivity index (χ3v) is 4.58. The third kappa shape index (κ3) is 2.80.